The number of hydrogen-bond donors (Lipinski definition) is 2. The summed E-state index contributed by atoms with van der Waals surface area (Å²) in [5.41, 5.74) is 1.45. The Labute approximate surface area is 209 Å². The van der Waals surface area contributed by atoms with Crippen molar-refractivity contribution in [2.24, 2.45) is 0 Å². The Morgan fingerprint density at radius 3 is 2.61 bits per heavy atom. The predicted molar refractivity (Wildman–Crippen MR) is 134 cm³/mol. The number of nitrogens with zero attached hydrogens (tertiary/aromatic N) is 4. The van der Waals surface area contributed by atoms with Gasteiger partial charge < -0.3 is 20.1 Å². The fourth-order valence-corrected chi connectivity index (χ4v) is 5.83. The lowest BCUT2D eigenvalue weighted by molar-refractivity contribution is 0.00197. The van der Waals surface area contributed by atoms with Crippen molar-refractivity contribution in [3.63, 3.8) is 0 Å². The molecule has 0 unspecified atom stereocenters. The second kappa shape index (κ2) is 8.96. The van der Waals surface area contributed by atoms with Crippen molar-refractivity contribution in [3.8, 4) is 34.0 Å². The lowest BCUT2D eigenvalue weighted by Crippen LogP contribution is -2.72. The number of benzene rings is 1. The molecule has 9 heteroatoms. The molecule has 0 amide bonds. The number of aromatic hydroxyl groups is 1. The Morgan fingerprint density at radius 1 is 1.11 bits per heavy atom. The highest BCUT2D eigenvalue weighted by Crippen LogP contribution is 2.43. The quantitative estimate of drug-likeness (QED) is 0.488. The number of aromatic nitrogens is 3. The van der Waals surface area contributed by atoms with Gasteiger partial charge in [0, 0.05) is 35.8 Å². The SMILES string of the molecule is COc1cc(-c2ccc(-c3cnc(N(C)[C@@H]4C[C@@]5(C)CCC[C@](C)(N5)[C@@H]4F)cn3)c(O)c2)cc(F)n1. The smallest absolute Gasteiger partial charge is 0.216 e. The minimum atomic E-state index is -1.04. The lowest BCUT2D eigenvalue weighted by Gasteiger charge is -2.56. The Balaban J connectivity index is 1.38. The summed E-state index contributed by atoms with van der Waals surface area (Å²) in [5, 5.41) is 14.2. The number of nitrogens with one attached hydrogen (secondary N) is 1. The number of phenolic OH excluding ortho intramolecular Hbond substituents is 1. The van der Waals surface area contributed by atoms with Crippen LogP contribution in [0.5, 0.6) is 11.6 Å². The molecule has 2 bridgehead atoms. The maximum Gasteiger partial charge on any atom is 0.216 e. The summed E-state index contributed by atoms with van der Waals surface area (Å²) in [6.45, 7) is 4.15. The normalized spacial score (nSPS) is 27.5. The maximum atomic E-state index is 15.6. The second-order valence-corrected chi connectivity index (χ2v) is 10.5. The molecule has 2 aromatic heterocycles. The van der Waals surface area contributed by atoms with Crippen LogP contribution in [0.15, 0.2) is 42.7 Å². The molecule has 36 heavy (non-hydrogen) atoms. The van der Waals surface area contributed by atoms with E-state index in [4.69, 9.17) is 4.74 Å². The Bertz CT molecular complexity index is 1270. The highest BCUT2D eigenvalue weighted by molar-refractivity contribution is 5.74. The number of pyridine rings is 1. The van der Waals surface area contributed by atoms with Gasteiger partial charge in [0.2, 0.25) is 11.8 Å². The van der Waals surface area contributed by atoms with Gasteiger partial charge in [0.05, 0.1) is 31.2 Å². The topological polar surface area (TPSA) is 83.4 Å². The molecule has 2 fully saturated rings. The van der Waals surface area contributed by atoms with Crippen LogP contribution in [-0.4, -0.2) is 57.5 Å². The predicted octanol–water partition coefficient (Wildman–Crippen LogP) is 4.90. The summed E-state index contributed by atoms with van der Waals surface area (Å²) in [4.78, 5) is 14.6. The monoisotopic (exact) mass is 495 g/mol. The number of ether oxygens (including phenoxy) is 1. The number of phenols is 1. The van der Waals surface area contributed by atoms with E-state index in [1.54, 1.807) is 30.6 Å². The first kappa shape index (κ1) is 24.4. The zero-order valence-electron chi connectivity index (χ0n) is 20.9. The van der Waals surface area contributed by atoms with E-state index in [0.717, 1.165) is 19.3 Å². The van der Waals surface area contributed by atoms with Crippen LogP contribution in [0, 0.1) is 5.95 Å². The number of methoxy groups -OCH3 is 1. The van der Waals surface area contributed by atoms with E-state index in [0.29, 0.717) is 34.6 Å². The van der Waals surface area contributed by atoms with Crippen LogP contribution in [0.3, 0.4) is 0 Å². The minimum Gasteiger partial charge on any atom is -0.507 e. The molecule has 4 atom stereocenters. The van der Waals surface area contributed by atoms with Gasteiger partial charge >= 0.3 is 0 Å². The molecule has 1 aromatic carbocycles. The summed E-state index contributed by atoms with van der Waals surface area (Å²) in [7, 11) is 3.28. The van der Waals surface area contributed by atoms with Crippen LogP contribution in [0.4, 0.5) is 14.6 Å². The van der Waals surface area contributed by atoms with Crippen LogP contribution in [0.1, 0.15) is 39.5 Å². The average molecular weight is 496 g/mol. The molecular formula is C27H31F2N5O2. The number of alkyl halides is 1. The van der Waals surface area contributed by atoms with Crippen molar-refractivity contribution in [2.45, 2.75) is 62.8 Å². The van der Waals surface area contributed by atoms with Gasteiger partial charge in [0.15, 0.2) is 0 Å². The van der Waals surface area contributed by atoms with E-state index in [9.17, 15) is 9.50 Å². The Morgan fingerprint density at radius 2 is 1.92 bits per heavy atom. The van der Waals surface area contributed by atoms with Crippen molar-refractivity contribution in [2.75, 3.05) is 19.1 Å². The van der Waals surface area contributed by atoms with E-state index in [1.807, 2.05) is 18.9 Å². The molecule has 0 saturated carbocycles. The highest BCUT2D eigenvalue weighted by atomic mass is 19.1. The van der Waals surface area contributed by atoms with E-state index in [2.05, 4.69) is 27.2 Å². The average Bonchev–Trinajstić information content (AvgIpc) is 2.85. The standard InChI is InChI=1S/C27H31F2N5O2/c1-26-8-5-9-27(2,33-26)25(29)20(13-26)34(3)23-15-30-19(14-31-23)18-7-6-16(10-21(18)35)17-11-22(28)32-24(12-17)36-4/h6-7,10-12,14-15,20,25,33,35H,5,8-9,13H2,1-4H3/t20-,25-,26-,27+/m1/s1. The number of rotatable bonds is 5. The molecule has 2 aliphatic heterocycles. The molecule has 2 saturated heterocycles. The number of piperidine rings is 2. The minimum absolute atomic E-state index is 0.0186. The number of fused-ring (bicyclic) bond motifs is 2. The van der Waals surface area contributed by atoms with Gasteiger partial charge in [-0.15, -0.1) is 0 Å². The van der Waals surface area contributed by atoms with Gasteiger partial charge in [0.1, 0.15) is 17.7 Å². The van der Waals surface area contributed by atoms with Crippen molar-refractivity contribution < 1.29 is 18.6 Å². The van der Waals surface area contributed by atoms with Crippen LogP contribution >= 0.6 is 0 Å². The van der Waals surface area contributed by atoms with Crippen LogP contribution in [-0.2, 0) is 0 Å². The van der Waals surface area contributed by atoms with Crippen molar-refractivity contribution >= 4 is 5.82 Å². The highest BCUT2D eigenvalue weighted by Gasteiger charge is 2.53. The number of hydrogen-bond acceptors (Lipinski definition) is 7. The fraction of sp³-hybridized carbons (Fsp3) is 0.444. The molecule has 2 aliphatic rings. The first-order valence-electron chi connectivity index (χ1n) is 12.1. The molecule has 0 radical (unpaired) electrons. The zero-order chi connectivity index (χ0) is 25.7. The molecule has 3 aromatic rings. The van der Waals surface area contributed by atoms with Gasteiger partial charge in [-0.3, -0.25) is 4.98 Å². The summed E-state index contributed by atoms with van der Waals surface area (Å²) in [6, 6.07) is 7.55. The van der Waals surface area contributed by atoms with E-state index >= 15 is 4.39 Å². The summed E-state index contributed by atoms with van der Waals surface area (Å²) in [5.74, 6) is 0.0355. The molecule has 4 heterocycles. The Kier molecular flexibility index (Phi) is 6.06. The first-order valence-corrected chi connectivity index (χ1v) is 12.1. The molecule has 2 N–H and O–H groups in total. The molecule has 7 nitrogen and oxygen atoms in total. The first-order chi connectivity index (χ1) is 17.1. The van der Waals surface area contributed by atoms with E-state index < -0.39 is 17.7 Å². The van der Waals surface area contributed by atoms with Crippen LogP contribution < -0.4 is 15.0 Å². The maximum absolute atomic E-state index is 15.6. The third-order valence-electron chi connectivity index (χ3n) is 7.70. The largest absolute Gasteiger partial charge is 0.507 e. The van der Waals surface area contributed by atoms with E-state index in [-0.39, 0.29) is 23.2 Å². The van der Waals surface area contributed by atoms with Gasteiger partial charge in [-0.05, 0) is 62.8 Å². The Hall–Kier alpha value is -3.33. The summed E-state index contributed by atoms with van der Waals surface area (Å²) in [6.07, 6.45) is 5.70. The molecule has 5 rings (SSSR count). The fourth-order valence-electron chi connectivity index (χ4n) is 5.83. The molecule has 0 aliphatic carbocycles. The van der Waals surface area contributed by atoms with Crippen LogP contribution in [0.25, 0.3) is 22.4 Å². The zero-order valence-corrected chi connectivity index (χ0v) is 20.9. The van der Waals surface area contributed by atoms with Crippen molar-refractivity contribution in [1.82, 2.24) is 20.3 Å². The number of anilines is 1. The molecule has 0 spiro atoms. The van der Waals surface area contributed by atoms with Crippen molar-refractivity contribution in [3.05, 3.63) is 48.7 Å². The van der Waals surface area contributed by atoms with Gasteiger partial charge in [-0.1, -0.05) is 6.07 Å². The molecule has 190 valence electrons. The van der Waals surface area contributed by atoms with Crippen LogP contribution in [0.2, 0.25) is 0 Å². The third kappa shape index (κ3) is 4.36. The molecular weight excluding hydrogens is 464 g/mol. The van der Waals surface area contributed by atoms with Crippen molar-refractivity contribution in [1.29, 1.82) is 0 Å². The second-order valence-electron chi connectivity index (χ2n) is 10.5. The van der Waals surface area contributed by atoms with Gasteiger partial charge in [-0.2, -0.15) is 9.37 Å². The summed E-state index contributed by atoms with van der Waals surface area (Å²) < 4.78 is 34.5. The number of halogens is 2. The third-order valence-corrected chi connectivity index (χ3v) is 7.70. The van der Waals surface area contributed by atoms with Gasteiger partial charge in [0.25, 0.3) is 0 Å². The lowest BCUT2D eigenvalue weighted by atomic mass is 9.68. The van der Waals surface area contributed by atoms with Gasteiger partial charge in [-0.25, -0.2) is 9.37 Å². The summed E-state index contributed by atoms with van der Waals surface area (Å²) >= 11 is 0. The van der Waals surface area contributed by atoms with E-state index in [1.165, 1.54) is 19.2 Å².